The summed E-state index contributed by atoms with van der Waals surface area (Å²) in [6, 6.07) is 16.3. The van der Waals surface area contributed by atoms with Crippen LogP contribution in [0.4, 0.5) is 24.7 Å². The van der Waals surface area contributed by atoms with Crippen molar-refractivity contribution in [3.8, 4) is 17.0 Å². The highest BCUT2D eigenvalue weighted by molar-refractivity contribution is 6.08. The van der Waals surface area contributed by atoms with Gasteiger partial charge in [0.2, 0.25) is 5.88 Å². The third kappa shape index (κ3) is 5.34. The lowest BCUT2D eigenvalue weighted by Gasteiger charge is -2.12. The molecule has 174 valence electrons. The second-order valence-corrected chi connectivity index (χ2v) is 7.29. The molecule has 2 aromatic heterocycles. The lowest BCUT2D eigenvalue weighted by atomic mass is 9.98. The second kappa shape index (κ2) is 9.65. The fourth-order valence-corrected chi connectivity index (χ4v) is 3.28. The Morgan fingerprint density at radius 1 is 1.03 bits per heavy atom. The van der Waals surface area contributed by atoms with E-state index in [4.69, 9.17) is 10.5 Å². The number of carbonyl (C=O) groups excluding carboxylic acids is 1. The third-order valence-corrected chi connectivity index (χ3v) is 4.99. The van der Waals surface area contributed by atoms with Crippen LogP contribution in [0.1, 0.15) is 15.9 Å². The molecule has 3 N–H and O–H groups in total. The number of alkyl halides is 3. The molecule has 34 heavy (non-hydrogen) atoms. The molecule has 0 unspecified atom stereocenters. The molecule has 7 nitrogen and oxygen atoms in total. The van der Waals surface area contributed by atoms with Gasteiger partial charge in [0, 0.05) is 11.6 Å². The van der Waals surface area contributed by atoms with Gasteiger partial charge in [-0.25, -0.2) is 9.67 Å². The number of hydrogen-bond donors (Lipinski definition) is 2. The average Bonchev–Trinajstić information content (AvgIpc) is 3.24. The van der Waals surface area contributed by atoms with Crippen LogP contribution in [0, 0.1) is 0 Å². The largest absolute Gasteiger partial charge is 0.476 e. The van der Waals surface area contributed by atoms with Crippen LogP contribution in [-0.2, 0) is 12.7 Å². The number of aromatic nitrogens is 3. The average molecular weight is 467 g/mol. The molecule has 2 aromatic carbocycles. The predicted octanol–water partition coefficient (Wildman–Crippen LogP) is 4.88. The van der Waals surface area contributed by atoms with E-state index in [2.05, 4.69) is 15.4 Å². The highest BCUT2D eigenvalue weighted by Gasteiger charge is 2.30. The molecule has 0 saturated carbocycles. The van der Waals surface area contributed by atoms with Crippen LogP contribution in [0.2, 0.25) is 0 Å². The molecular weight excluding hydrogens is 447 g/mol. The first-order valence-electron chi connectivity index (χ1n) is 10.3. The molecule has 10 heteroatoms. The van der Waals surface area contributed by atoms with E-state index in [9.17, 15) is 18.0 Å². The lowest BCUT2D eigenvalue weighted by molar-refractivity contribution is -0.137. The maximum atomic E-state index is 12.9. The van der Waals surface area contributed by atoms with Crippen molar-refractivity contribution in [1.82, 2.24) is 14.8 Å². The predicted molar refractivity (Wildman–Crippen MR) is 121 cm³/mol. The number of benzene rings is 2. The lowest BCUT2D eigenvalue weighted by Crippen LogP contribution is -2.14. The standard InChI is InChI=1S/C24H20F3N5O2/c25-24(26,27)17-7-5-16(6-8-17)19-3-1-2-4-20(19)23(33)31-18-9-10-22(29-15-18)34-14-13-32-21(28)11-12-30-32/h1-12,15H,13-14,28H2,(H,31,33). The number of anilines is 2. The molecule has 4 aromatic rings. The summed E-state index contributed by atoms with van der Waals surface area (Å²) >= 11 is 0. The Bertz CT molecular complexity index is 1270. The van der Waals surface area contributed by atoms with Crippen LogP contribution < -0.4 is 15.8 Å². The van der Waals surface area contributed by atoms with Gasteiger partial charge in [-0.15, -0.1) is 0 Å². The van der Waals surface area contributed by atoms with E-state index >= 15 is 0 Å². The van der Waals surface area contributed by atoms with Gasteiger partial charge in [-0.05, 0) is 41.5 Å². The third-order valence-electron chi connectivity index (χ3n) is 4.99. The molecule has 4 rings (SSSR count). The van der Waals surface area contributed by atoms with E-state index in [-0.39, 0.29) is 0 Å². The fraction of sp³-hybridized carbons (Fsp3) is 0.125. The van der Waals surface area contributed by atoms with Crippen molar-refractivity contribution in [2.45, 2.75) is 12.7 Å². The molecule has 0 atom stereocenters. The van der Waals surface area contributed by atoms with E-state index in [0.717, 1.165) is 12.1 Å². The van der Waals surface area contributed by atoms with E-state index in [1.807, 2.05) is 0 Å². The topological polar surface area (TPSA) is 95.1 Å². The normalized spacial score (nSPS) is 11.3. The van der Waals surface area contributed by atoms with E-state index in [1.54, 1.807) is 53.3 Å². The summed E-state index contributed by atoms with van der Waals surface area (Å²) in [5.74, 6) is 0.486. The monoisotopic (exact) mass is 467 g/mol. The zero-order valence-corrected chi connectivity index (χ0v) is 17.8. The van der Waals surface area contributed by atoms with Crippen LogP contribution in [0.25, 0.3) is 11.1 Å². The van der Waals surface area contributed by atoms with Crippen LogP contribution in [0.5, 0.6) is 5.88 Å². The van der Waals surface area contributed by atoms with Crippen molar-refractivity contribution in [1.29, 1.82) is 0 Å². The number of hydrogen-bond acceptors (Lipinski definition) is 5. The van der Waals surface area contributed by atoms with Gasteiger partial charge in [0.05, 0.1) is 30.2 Å². The number of nitrogens with two attached hydrogens (primary N) is 1. The summed E-state index contributed by atoms with van der Waals surface area (Å²) in [7, 11) is 0. The molecule has 0 fully saturated rings. The molecule has 0 aliphatic rings. The summed E-state index contributed by atoms with van der Waals surface area (Å²) < 4.78 is 45.8. The van der Waals surface area contributed by atoms with Crippen molar-refractivity contribution in [2.75, 3.05) is 17.7 Å². The number of pyridine rings is 1. The first-order chi connectivity index (χ1) is 16.3. The Morgan fingerprint density at radius 3 is 2.44 bits per heavy atom. The van der Waals surface area contributed by atoms with Crippen molar-refractivity contribution >= 4 is 17.4 Å². The number of ether oxygens (including phenoxy) is 1. The molecule has 0 saturated heterocycles. The van der Waals surface area contributed by atoms with E-state index < -0.39 is 17.6 Å². The van der Waals surface area contributed by atoms with E-state index in [1.165, 1.54) is 18.3 Å². The summed E-state index contributed by atoms with van der Waals surface area (Å²) in [4.78, 5) is 17.1. The van der Waals surface area contributed by atoms with Crippen LogP contribution in [-0.4, -0.2) is 27.3 Å². The molecule has 0 aliphatic carbocycles. The molecular formula is C24H20F3N5O2. The molecule has 0 radical (unpaired) electrons. The molecule has 0 spiro atoms. The highest BCUT2D eigenvalue weighted by Crippen LogP contribution is 2.32. The number of amides is 1. The van der Waals surface area contributed by atoms with Crippen molar-refractivity contribution < 1.29 is 22.7 Å². The number of carbonyl (C=O) groups is 1. The van der Waals surface area contributed by atoms with Gasteiger partial charge in [0.25, 0.3) is 5.91 Å². The first kappa shape index (κ1) is 22.8. The number of rotatable bonds is 7. The minimum atomic E-state index is -4.43. The molecule has 0 aliphatic heterocycles. The van der Waals surface area contributed by atoms with Gasteiger partial charge in [0.15, 0.2) is 0 Å². The summed E-state index contributed by atoms with van der Waals surface area (Å²) in [5.41, 5.74) is 6.77. The molecule has 0 bridgehead atoms. The SMILES string of the molecule is Nc1ccnn1CCOc1ccc(NC(=O)c2ccccc2-c2ccc(C(F)(F)F)cc2)cn1. The van der Waals surface area contributed by atoms with Gasteiger partial charge >= 0.3 is 6.18 Å². The Morgan fingerprint density at radius 2 is 1.79 bits per heavy atom. The van der Waals surface area contributed by atoms with Crippen molar-refractivity contribution in [3.63, 3.8) is 0 Å². The Balaban J connectivity index is 1.41. The number of nitrogens with zero attached hydrogens (tertiary/aromatic N) is 3. The van der Waals surface area contributed by atoms with Crippen LogP contribution in [0.3, 0.4) is 0 Å². The molecule has 2 heterocycles. The van der Waals surface area contributed by atoms with Gasteiger partial charge in [-0.3, -0.25) is 4.79 Å². The first-order valence-corrected chi connectivity index (χ1v) is 10.3. The fourth-order valence-electron chi connectivity index (χ4n) is 3.28. The molecule has 1 amide bonds. The Kier molecular flexibility index (Phi) is 6.48. The smallest absolute Gasteiger partial charge is 0.416 e. The highest BCUT2D eigenvalue weighted by atomic mass is 19.4. The number of nitrogen functional groups attached to an aromatic ring is 1. The summed E-state index contributed by atoms with van der Waals surface area (Å²) in [5, 5.41) is 6.81. The maximum Gasteiger partial charge on any atom is 0.416 e. The quantitative estimate of drug-likeness (QED) is 0.404. The van der Waals surface area contributed by atoms with Gasteiger partial charge < -0.3 is 15.8 Å². The Labute approximate surface area is 193 Å². The zero-order valence-electron chi connectivity index (χ0n) is 17.8. The number of nitrogens with one attached hydrogen (secondary N) is 1. The van der Waals surface area contributed by atoms with Crippen LogP contribution in [0.15, 0.2) is 79.1 Å². The summed E-state index contributed by atoms with van der Waals surface area (Å²) in [6.07, 6.45) is -1.37. The van der Waals surface area contributed by atoms with E-state index in [0.29, 0.717) is 47.2 Å². The van der Waals surface area contributed by atoms with Crippen molar-refractivity contribution in [2.24, 2.45) is 0 Å². The minimum absolute atomic E-state index is 0.311. The second-order valence-electron chi connectivity index (χ2n) is 7.29. The Hall–Kier alpha value is -4.34. The zero-order chi connectivity index (χ0) is 24.1. The van der Waals surface area contributed by atoms with Gasteiger partial charge in [-0.2, -0.15) is 18.3 Å². The number of halogens is 3. The summed E-state index contributed by atoms with van der Waals surface area (Å²) in [6.45, 7) is 0.769. The minimum Gasteiger partial charge on any atom is -0.476 e. The maximum absolute atomic E-state index is 12.9. The van der Waals surface area contributed by atoms with Gasteiger partial charge in [-0.1, -0.05) is 30.3 Å². The van der Waals surface area contributed by atoms with Crippen molar-refractivity contribution in [3.05, 3.63) is 90.3 Å². The van der Waals surface area contributed by atoms with Crippen LogP contribution >= 0.6 is 0 Å². The van der Waals surface area contributed by atoms with Gasteiger partial charge in [0.1, 0.15) is 12.4 Å².